The molecule has 1 aromatic carbocycles. The smallest absolute Gasteiger partial charge is 0.199 e. The summed E-state index contributed by atoms with van der Waals surface area (Å²) < 4.78 is 4.50. The van der Waals surface area contributed by atoms with E-state index in [2.05, 4.69) is 47.3 Å². The van der Waals surface area contributed by atoms with E-state index in [1.807, 2.05) is 9.25 Å². The minimum atomic E-state index is -0.0662. The van der Waals surface area contributed by atoms with Crippen molar-refractivity contribution in [1.29, 1.82) is 0 Å². The van der Waals surface area contributed by atoms with Crippen LogP contribution in [0.25, 0.3) is 0 Å². The average Bonchev–Trinajstić information content (AvgIpc) is 3.16. The number of aliphatic hydroxyl groups excluding tert-OH is 1. The van der Waals surface area contributed by atoms with Gasteiger partial charge in [-0.3, -0.25) is 4.90 Å². The van der Waals surface area contributed by atoms with Gasteiger partial charge in [0.1, 0.15) is 6.61 Å². The number of likely N-dealkylation sites (tertiary alicyclic amines) is 1. The van der Waals surface area contributed by atoms with Crippen LogP contribution >= 0.6 is 12.2 Å². The van der Waals surface area contributed by atoms with Gasteiger partial charge in [0.05, 0.1) is 6.67 Å². The lowest BCUT2D eigenvalue weighted by molar-refractivity contribution is 0.243. The number of hydrogen-bond donors (Lipinski definition) is 1. The Balaban J connectivity index is 1.70. The molecule has 0 spiro atoms. The van der Waals surface area contributed by atoms with Crippen molar-refractivity contribution in [2.45, 2.75) is 45.5 Å². The molecule has 2 heterocycles. The topological polar surface area (TPSA) is 46.2 Å². The molecule has 124 valence electrons. The van der Waals surface area contributed by atoms with Crippen molar-refractivity contribution in [3.05, 3.63) is 46.5 Å². The van der Waals surface area contributed by atoms with Gasteiger partial charge in [-0.1, -0.05) is 37.3 Å². The lowest BCUT2D eigenvalue weighted by Gasteiger charge is -2.16. The van der Waals surface area contributed by atoms with Crippen molar-refractivity contribution in [3.8, 4) is 0 Å². The van der Waals surface area contributed by atoms with Crippen molar-refractivity contribution in [1.82, 2.24) is 19.2 Å². The van der Waals surface area contributed by atoms with Crippen LogP contribution in [0, 0.1) is 4.77 Å². The molecule has 1 aliphatic rings. The van der Waals surface area contributed by atoms with E-state index in [4.69, 9.17) is 12.2 Å². The lowest BCUT2D eigenvalue weighted by atomic mass is 9.99. The summed E-state index contributed by atoms with van der Waals surface area (Å²) in [6.45, 7) is 5.62. The fraction of sp³-hybridized carbons (Fsp3) is 0.529. The van der Waals surface area contributed by atoms with Gasteiger partial charge >= 0.3 is 0 Å². The van der Waals surface area contributed by atoms with Gasteiger partial charge in [0.2, 0.25) is 0 Å². The highest BCUT2D eigenvalue weighted by atomic mass is 32.1. The maximum atomic E-state index is 9.48. The molecule has 1 saturated heterocycles. The average molecular weight is 332 g/mol. The molecule has 5 nitrogen and oxygen atoms in total. The highest BCUT2D eigenvalue weighted by Crippen LogP contribution is 2.27. The molecule has 23 heavy (non-hydrogen) atoms. The fourth-order valence-corrected chi connectivity index (χ4v) is 3.59. The van der Waals surface area contributed by atoms with E-state index in [0.717, 1.165) is 26.1 Å². The molecule has 1 aromatic heterocycles. The zero-order valence-corrected chi connectivity index (χ0v) is 14.4. The highest BCUT2D eigenvalue weighted by Gasteiger charge is 2.24. The Morgan fingerprint density at radius 2 is 2.09 bits per heavy atom. The van der Waals surface area contributed by atoms with Gasteiger partial charge in [0.15, 0.2) is 10.6 Å². The number of aromatic nitrogens is 3. The van der Waals surface area contributed by atoms with E-state index in [9.17, 15) is 5.11 Å². The first-order valence-corrected chi connectivity index (χ1v) is 8.68. The van der Waals surface area contributed by atoms with Crippen LogP contribution in [-0.2, 0) is 19.8 Å². The van der Waals surface area contributed by atoms with Crippen LogP contribution in [0.4, 0.5) is 0 Å². The second-order valence-corrected chi connectivity index (χ2v) is 6.49. The van der Waals surface area contributed by atoms with Gasteiger partial charge in [-0.2, -0.15) is 5.10 Å². The Morgan fingerprint density at radius 3 is 2.78 bits per heavy atom. The van der Waals surface area contributed by atoms with Gasteiger partial charge in [-0.05, 0) is 36.5 Å². The number of aliphatic hydroxyl groups is 1. The van der Waals surface area contributed by atoms with Crippen LogP contribution in [0.1, 0.15) is 37.1 Å². The Morgan fingerprint density at radius 1 is 1.30 bits per heavy atom. The minimum Gasteiger partial charge on any atom is -0.388 e. The summed E-state index contributed by atoms with van der Waals surface area (Å²) in [6, 6.07) is 10.7. The lowest BCUT2D eigenvalue weighted by Crippen LogP contribution is -2.24. The van der Waals surface area contributed by atoms with Crippen molar-refractivity contribution in [2.75, 3.05) is 13.1 Å². The van der Waals surface area contributed by atoms with Gasteiger partial charge in [-0.15, -0.1) is 0 Å². The van der Waals surface area contributed by atoms with Crippen LogP contribution in [-0.4, -0.2) is 37.4 Å². The van der Waals surface area contributed by atoms with E-state index in [0.29, 0.717) is 23.2 Å². The second kappa shape index (κ2) is 7.38. The molecule has 0 amide bonds. The van der Waals surface area contributed by atoms with Gasteiger partial charge in [0.25, 0.3) is 0 Å². The predicted molar refractivity (Wildman–Crippen MR) is 92.6 cm³/mol. The minimum absolute atomic E-state index is 0.0662. The van der Waals surface area contributed by atoms with E-state index < -0.39 is 0 Å². The van der Waals surface area contributed by atoms with E-state index >= 15 is 0 Å². The zero-order valence-electron chi connectivity index (χ0n) is 13.6. The summed E-state index contributed by atoms with van der Waals surface area (Å²) in [5.74, 6) is 1.25. The first-order chi connectivity index (χ1) is 11.2. The molecule has 3 rings (SSSR count). The second-order valence-electron chi connectivity index (χ2n) is 6.12. The summed E-state index contributed by atoms with van der Waals surface area (Å²) in [4.78, 5) is 2.39. The van der Waals surface area contributed by atoms with Gasteiger partial charge in [0, 0.05) is 19.6 Å². The summed E-state index contributed by atoms with van der Waals surface area (Å²) in [5.41, 5.74) is 1.41. The normalized spacial score (nSPS) is 18.6. The quantitative estimate of drug-likeness (QED) is 0.826. The van der Waals surface area contributed by atoms with Crippen molar-refractivity contribution in [2.24, 2.45) is 0 Å². The zero-order chi connectivity index (χ0) is 16.2. The third-order valence-electron chi connectivity index (χ3n) is 4.47. The van der Waals surface area contributed by atoms with Gasteiger partial charge in [-0.25, -0.2) is 4.68 Å². The van der Waals surface area contributed by atoms with Crippen molar-refractivity contribution >= 4 is 12.2 Å². The molecule has 0 saturated carbocycles. The molecule has 6 heteroatoms. The summed E-state index contributed by atoms with van der Waals surface area (Å²) in [6.07, 6.45) is 2.15. The molecule has 0 bridgehead atoms. The largest absolute Gasteiger partial charge is 0.388 e. The van der Waals surface area contributed by atoms with Crippen LogP contribution in [0.2, 0.25) is 0 Å². The van der Waals surface area contributed by atoms with Crippen LogP contribution in [0.3, 0.4) is 0 Å². The summed E-state index contributed by atoms with van der Waals surface area (Å²) in [5, 5.41) is 14.0. The maximum absolute atomic E-state index is 9.48. The number of hydrogen-bond acceptors (Lipinski definition) is 4. The Hall–Kier alpha value is -1.50. The van der Waals surface area contributed by atoms with Gasteiger partial charge < -0.3 is 9.67 Å². The standard InChI is InChI=1S/C17H24N4OS/c1-2-9-20-16(12-22)18-21(17(20)23)13-19-10-8-15(11-19)14-6-4-3-5-7-14/h3-7,15,22H,2,8-13H2,1H3. The summed E-state index contributed by atoms with van der Waals surface area (Å²) >= 11 is 5.53. The van der Waals surface area contributed by atoms with E-state index in [-0.39, 0.29) is 6.61 Å². The van der Waals surface area contributed by atoms with Crippen molar-refractivity contribution in [3.63, 3.8) is 0 Å². The molecule has 1 N–H and O–H groups in total. The van der Waals surface area contributed by atoms with Crippen LogP contribution in [0.15, 0.2) is 30.3 Å². The highest BCUT2D eigenvalue weighted by molar-refractivity contribution is 7.71. The summed E-state index contributed by atoms with van der Waals surface area (Å²) in [7, 11) is 0. The van der Waals surface area contributed by atoms with Crippen LogP contribution < -0.4 is 0 Å². The van der Waals surface area contributed by atoms with E-state index in [1.165, 1.54) is 12.0 Å². The first-order valence-electron chi connectivity index (χ1n) is 8.27. The molecule has 1 unspecified atom stereocenters. The molecule has 1 atom stereocenters. The molecular weight excluding hydrogens is 308 g/mol. The van der Waals surface area contributed by atoms with E-state index in [1.54, 1.807) is 0 Å². The molecule has 1 aliphatic heterocycles. The molecule has 2 aromatic rings. The number of nitrogens with zero attached hydrogens (tertiary/aromatic N) is 4. The molecule has 0 aliphatic carbocycles. The number of benzene rings is 1. The first kappa shape index (κ1) is 16.4. The fourth-order valence-electron chi connectivity index (χ4n) is 3.29. The monoisotopic (exact) mass is 332 g/mol. The third-order valence-corrected chi connectivity index (χ3v) is 4.90. The predicted octanol–water partition coefficient (Wildman–Crippen LogP) is 2.76. The molecular formula is C17H24N4OS. The molecule has 1 fully saturated rings. The Bertz CT molecular complexity index is 694. The third kappa shape index (κ3) is 3.54. The number of rotatable bonds is 6. The SMILES string of the molecule is CCCn1c(CO)nn(CN2CCC(c3ccccc3)C2)c1=S. The molecule has 0 radical (unpaired) electrons. The van der Waals surface area contributed by atoms with Crippen molar-refractivity contribution < 1.29 is 5.11 Å². The Labute approximate surface area is 142 Å². The van der Waals surface area contributed by atoms with Crippen LogP contribution in [0.5, 0.6) is 0 Å². The Kier molecular flexibility index (Phi) is 5.25. The maximum Gasteiger partial charge on any atom is 0.199 e.